The van der Waals surface area contributed by atoms with Crippen LogP contribution >= 0.6 is 0 Å². The molecule has 0 saturated heterocycles. The number of hydrogen-bond donors (Lipinski definition) is 2. The van der Waals surface area contributed by atoms with E-state index in [0.717, 1.165) is 44.2 Å². The van der Waals surface area contributed by atoms with Crippen LogP contribution in [0.4, 0.5) is 0 Å². The summed E-state index contributed by atoms with van der Waals surface area (Å²) < 4.78 is 11.8. The molecule has 0 saturated carbocycles. The molecule has 0 spiro atoms. The Morgan fingerprint density at radius 2 is 1.58 bits per heavy atom. The minimum atomic E-state index is -1.02. The van der Waals surface area contributed by atoms with Crippen molar-refractivity contribution in [1.82, 2.24) is 0 Å². The molecule has 0 aliphatic rings. The first-order valence-corrected chi connectivity index (χ1v) is 10.8. The molecule has 5 nitrogen and oxygen atoms in total. The lowest BCUT2D eigenvalue weighted by atomic mass is 9.97. The quantitative estimate of drug-likeness (QED) is 0.321. The number of fused-ring (bicyclic) bond motifs is 3. The summed E-state index contributed by atoms with van der Waals surface area (Å²) in [6, 6.07) is 29.5. The summed E-state index contributed by atoms with van der Waals surface area (Å²) in [7, 11) is 0. The monoisotopic (exact) mass is 437 g/mol. The molecule has 1 atom stereocenters. The van der Waals surface area contributed by atoms with Crippen LogP contribution in [0.3, 0.4) is 0 Å². The van der Waals surface area contributed by atoms with Crippen molar-refractivity contribution < 1.29 is 19.1 Å². The fourth-order valence-electron chi connectivity index (χ4n) is 4.01. The van der Waals surface area contributed by atoms with Crippen molar-refractivity contribution in [2.45, 2.75) is 12.5 Å². The number of nitrogens with two attached hydrogens (primary N) is 1. The second-order valence-electron chi connectivity index (χ2n) is 7.97. The molecule has 0 aliphatic carbocycles. The lowest BCUT2D eigenvalue weighted by molar-refractivity contribution is -0.138. The fraction of sp³-hybridized carbons (Fsp3) is 0.107. The van der Waals surface area contributed by atoms with E-state index in [-0.39, 0.29) is 13.0 Å². The van der Waals surface area contributed by atoms with E-state index in [1.807, 2.05) is 48.5 Å². The maximum atomic E-state index is 10.8. The van der Waals surface area contributed by atoms with Crippen molar-refractivity contribution in [3.05, 3.63) is 91.0 Å². The number of hydrogen-bond acceptors (Lipinski definition) is 4. The van der Waals surface area contributed by atoms with E-state index >= 15 is 0 Å². The molecule has 3 N–H and O–H groups in total. The smallest absolute Gasteiger partial charge is 0.320 e. The normalized spacial score (nSPS) is 12.2. The van der Waals surface area contributed by atoms with Crippen LogP contribution in [0.1, 0.15) is 6.42 Å². The van der Waals surface area contributed by atoms with E-state index in [1.165, 1.54) is 0 Å². The van der Waals surface area contributed by atoms with Gasteiger partial charge in [-0.2, -0.15) is 0 Å². The van der Waals surface area contributed by atoms with Crippen molar-refractivity contribution in [3.63, 3.8) is 0 Å². The zero-order valence-corrected chi connectivity index (χ0v) is 17.9. The molecule has 0 aliphatic heterocycles. The summed E-state index contributed by atoms with van der Waals surface area (Å²) >= 11 is 0. The molecule has 164 valence electrons. The topological polar surface area (TPSA) is 85.7 Å². The van der Waals surface area contributed by atoms with E-state index in [4.69, 9.17) is 20.0 Å². The predicted octanol–water partition coefficient (Wildman–Crippen LogP) is 6.10. The predicted molar refractivity (Wildman–Crippen MR) is 130 cm³/mol. The number of para-hydroxylation sites is 2. The first-order chi connectivity index (χ1) is 16.1. The van der Waals surface area contributed by atoms with Gasteiger partial charge in [0.1, 0.15) is 23.0 Å². The fourth-order valence-corrected chi connectivity index (χ4v) is 4.01. The van der Waals surface area contributed by atoms with Crippen molar-refractivity contribution in [1.29, 1.82) is 0 Å². The Kier molecular flexibility index (Phi) is 5.55. The van der Waals surface area contributed by atoms with Crippen molar-refractivity contribution in [2.24, 2.45) is 5.73 Å². The lowest BCUT2D eigenvalue weighted by Gasteiger charge is -2.10. The van der Waals surface area contributed by atoms with Crippen LogP contribution in [0.2, 0.25) is 0 Å². The molecule has 0 amide bonds. The Labute approximate surface area is 191 Å². The Morgan fingerprint density at radius 1 is 0.848 bits per heavy atom. The summed E-state index contributed by atoms with van der Waals surface area (Å²) in [6.07, 6.45) is 0.256. The summed E-state index contributed by atoms with van der Waals surface area (Å²) in [6.45, 7) is 0.254. The van der Waals surface area contributed by atoms with Gasteiger partial charge in [-0.15, -0.1) is 0 Å². The molecular formula is C28H23NO4. The van der Waals surface area contributed by atoms with Crippen LogP contribution < -0.4 is 10.5 Å². The van der Waals surface area contributed by atoms with Crippen LogP contribution in [0.25, 0.3) is 44.2 Å². The zero-order chi connectivity index (χ0) is 22.8. The van der Waals surface area contributed by atoms with Crippen LogP contribution in [0, 0.1) is 0 Å². The summed E-state index contributed by atoms with van der Waals surface area (Å²) in [4.78, 5) is 10.8. The number of aliphatic carboxylic acids is 1. The third-order valence-corrected chi connectivity index (χ3v) is 5.78. The van der Waals surface area contributed by atoms with Gasteiger partial charge < -0.3 is 20.0 Å². The first-order valence-electron chi connectivity index (χ1n) is 10.8. The number of rotatable bonds is 7. The van der Waals surface area contributed by atoms with Gasteiger partial charge in [0.05, 0.1) is 6.61 Å². The standard InChI is InChI=1S/C28H23NO4/c29-25(28(30)31)15-16-32-21-13-11-18(12-14-21)19-5-3-6-20(17-19)22-8-4-9-24-23-7-1-2-10-26(23)33-27(22)24/h1-14,17,25H,15-16,29H2,(H,30,31). The van der Waals surface area contributed by atoms with Gasteiger partial charge in [-0.25, -0.2) is 0 Å². The molecule has 5 aromatic rings. The molecule has 0 fully saturated rings. The number of benzene rings is 4. The number of carboxylic acids is 1. The van der Waals surface area contributed by atoms with E-state index in [2.05, 4.69) is 42.5 Å². The molecule has 5 rings (SSSR count). The maximum Gasteiger partial charge on any atom is 0.320 e. The van der Waals surface area contributed by atoms with E-state index in [1.54, 1.807) is 0 Å². The van der Waals surface area contributed by atoms with Gasteiger partial charge in [0.2, 0.25) is 0 Å². The summed E-state index contributed by atoms with van der Waals surface area (Å²) in [5.74, 6) is -0.341. The van der Waals surface area contributed by atoms with Crippen molar-refractivity contribution >= 4 is 27.9 Å². The van der Waals surface area contributed by atoms with Crippen molar-refractivity contribution in [2.75, 3.05) is 6.61 Å². The van der Waals surface area contributed by atoms with Gasteiger partial charge in [-0.05, 0) is 41.0 Å². The Hall–Kier alpha value is -4.09. The molecule has 1 unspecified atom stereocenters. The second kappa shape index (κ2) is 8.81. The molecule has 4 aromatic carbocycles. The molecular weight excluding hydrogens is 414 g/mol. The van der Waals surface area contributed by atoms with Crippen LogP contribution in [-0.4, -0.2) is 23.7 Å². The van der Waals surface area contributed by atoms with Crippen LogP contribution in [0.5, 0.6) is 5.75 Å². The van der Waals surface area contributed by atoms with Gasteiger partial charge in [0.15, 0.2) is 0 Å². The highest BCUT2D eigenvalue weighted by Gasteiger charge is 2.13. The Bertz CT molecular complexity index is 1440. The number of ether oxygens (including phenoxy) is 1. The van der Waals surface area contributed by atoms with Crippen LogP contribution in [0.15, 0.2) is 95.4 Å². The number of carboxylic acid groups (broad SMARTS) is 1. The third-order valence-electron chi connectivity index (χ3n) is 5.78. The lowest BCUT2D eigenvalue weighted by Crippen LogP contribution is -2.31. The average Bonchev–Trinajstić information content (AvgIpc) is 3.23. The SMILES string of the molecule is NC(CCOc1ccc(-c2cccc(-c3cccc4c3oc3ccccc34)c2)cc1)C(=O)O. The minimum absolute atomic E-state index is 0.254. The van der Waals surface area contributed by atoms with Gasteiger partial charge in [0, 0.05) is 22.8 Å². The van der Waals surface area contributed by atoms with Crippen LogP contribution in [-0.2, 0) is 4.79 Å². The second-order valence-corrected chi connectivity index (χ2v) is 7.97. The average molecular weight is 437 g/mol. The number of furan rings is 1. The van der Waals surface area contributed by atoms with Gasteiger partial charge >= 0.3 is 5.97 Å². The van der Waals surface area contributed by atoms with E-state index in [0.29, 0.717) is 5.75 Å². The largest absolute Gasteiger partial charge is 0.494 e. The van der Waals surface area contributed by atoms with Gasteiger partial charge in [0.25, 0.3) is 0 Å². The van der Waals surface area contributed by atoms with E-state index in [9.17, 15) is 4.79 Å². The molecule has 1 heterocycles. The molecule has 0 radical (unpaired) electrons. The molecule has 5 heteroatoms. The molecule has 1 aromatic heterocycles. The maximum absolute atomic E-state index is 10.8. The summed E-state index contributed by atoms with van der Waals surface area (Å²) in [5, 5.41) is 11.1. The zero-order valence-electron chi connectivity index (χ0n) is 17.9. The van der Waals surface area contributed by atoms with Crippen molar-refractivity contribution in [3.8, 4) is 28.0 Å². The molecule has 0 bridgehead atoms. The number of carbonyl (C=O) groups is 1. The van der Waals surface area contributed by atoms with E-state index < -0.39 is 12.0 Å². The third kappa shape index (κ3) is 4.19. The minimum Gasteiger partial charge on any atom is -0.494 e. The highest BCUT2D eigenvalue weighted by atomic mass is 16.5. The Morgan fingerprint density at radius 3 is 2.39 bits per heavy atom. The first kappa shape index (κ1) is 20.8. The molecule has 33 heavy (non-hydrogen) atoms. The summed E-state index contributed by atoms with van der Waals surface area (Å²) in [5.41, 5.74) is 11.6. The highest BCUT2D eigenvalue weighted by molar-refractivity contribution is 6.09. The highest BCUT2D eigenvalue weighted by Crippen LogP contribution is 2.36. The van der Waals surface area contributed by atoms with Gasteiger partial charge in [-0.1, -0.05) is 66.7 Å². The van der Waals surface area contributed by atoms with Gasteiger partial charge in [-0.3, -0.25) is 4.79 Å². The Balaban J connectivity index is 1.40.